The van der Waals surface area contributed by atoms with Crippen molar-refractivity contribution in [3.05, 3.63) is 132 Å². The van der Waals surface area contributed by atoms with Crippen molar-refractivity contribution in [2.45, 2.75) is 6.54 Å². The molecule has 0 radical (unpaired) electrons. The quantitative estimate of drug-likeness (QED) is 0.296. The monoisotopic (exact) mass is 410 g/mol. The zero-order chi connectivity index (χ0) is 21.8. The molecule has 0 aliphatic heterocycles. The lowest BCUT2D eigenvalue weighted by molar-refractivity contribution is 0.823. The molecule has 5 aromatic rings. The van der Waals surface area contributed by atoms with Crippen molar-refractivity contribution in [1.29, 1.82) is 5.26 Å². The van der Waals surface area contributed by atoms with E-state index in [-0.39, 0.29) is 0 Å². The number of benzene rings is 4. The second-order valence-corrected chi connectivity index (χ2v) is 7.78. The first kappa shape index (κ1) is 19.6. The molecule has 0 aliphatic rings. The third-order valence-electron chi connectivity index (χ3n) is 5.72. The van der Waals surface area contributed by atoms with Crippen LogP contribution in [0.1, 0.15) is 11.1 Å². The number of rotatable bonds is 5. The van der Waals surface area contributed by atoms with E-state index < -0.39 is 0 Å². The van der Waals surface area contributed by atoms with E-state index in [1.807, 2.05) is 36.4 Å². The fourth-order valence-electron chi connectivity index (χ4n) is 4.18. The van der Waals surface area contributed by atoms with Gasteiger partial charge in [-0.25, -0.2) is 0 Å². The van der Waals surface area contributed by atoms with Crippen molar-refractivity contribution in [3.63, 3.8) is 0 Å². The molecule has 4 aromatic carbocycles. The molecule has 0 N–H and O–H groups in total. The summed E-state index contributed by atoms with van der Waals surface area (Å²) in [6.45, 7) is 0.769. The predicted octanol–water partition coefficient (Wildman–Crippen LogP) is 7.41. The van der Waals surface area contributed by atoms with Crippen molar-refractivity contribution in [3.8, 4) is 39.7 Å². The average molecular weight is 411 g/mol. The first-order valence-corrected chi connectivity index (χ1v) is 10.7. The molecule has 0 spiro atoms. The summed E-state index contributed by atoms with van der Waals surface area (Å²) in [4.78, 5) is 0. The molecule has 0 unspecified atom stereocenters. The standard InChI is InChI=1S/C30H22N2/c31-21-23-16-18-25(19-17-23)28-20-29(26-12-6-2-7-13-26)32(22-24-10-4-1-5-11-24)30(28)27-14-8-3-9-15-27/h1-20H,22H2. The molecule has 0 atom stereocenters. The van der Waals surface area contributed by atoms with E-state index in [1.165, 1.54) is 28.1 Å². The first-order chi connectivity index (χ1) is 15.8. The van der Waals surface area contributed by atoms with Crippen molar-refractivity contribution in [1.82, 2.24) is 4.57 Å². The van der Waals surface area contributed by atoms with Gasteiger partial charge in [0.25, 0.3) is 0 Å². The van der Waals surface area contributed by atoms with E-state index in [2.05, 4.69) is 95.6 Å². The molecule has 1 heterocycles. The van der Waals surface area contributed by atoms with Gasteiger partial charge in [-0.2, -0.15) is 5.26 Å². The smallest absolute Gasteiger partial charge is 0.0991 e. The molecule has 0 saturated carbocycles. The van der Waals surface area contributed by atoms with Crippen LogP contribution in [-0.2, 0) is 6.54 Å². The highest BCUT2D eigenvalue weighted by atomic mass is 15.0. The van der Waals surface area contributed by atoms with E-state index in [0.717, 1.165) is 17.7 Å². The zero-order valence-corrected chi connectivity index (χ0v) is 17.6. The Bertz CT molecular complexity index is 1360. The van der Waals surface area contributed by atoms with Gasteiger partial charge in [0.05, 0.1) is 17.3 Å². The minimum absolute atomic E-state index is 0.669. The predicted molar refractivity (Wildman–Crippen MR) is 131 cm³/mol. The highest BCUT2D eigenvalue weighted by molar-refractivity contribution is 5.87. The molecule has 0 saturated heterocycles. The van der Waals surface area contributed by atoms with E-state index in [0.29, 0.717) is 5.56 Å². The fourth-order valence-corrected chi connectivity index (χ4v) is 4.18. The third kappa shape index (κ3) is 3.85. The molecule has 2 nitrogen and oxygen atoms in total. The van der Waals surface area contributed by atoms with Gasteiger partial charge in [-0.05, 0) is 40.5 Å². The van der Waals surface area contributed by atoms with Crippen LogP contribution in [0, 0.1) is 11.3 Å². The van der Waals surface area contributed by atoms with Gasteiger partial charge in [0.15, 0.2) is 0 Å². The van der Waals surface area contributed by atoms with Crippen LogP contribution in [0.25, 0.3) is 33.6 Å². The maximum atomic E-state index is 9.24. The molecule has 0 bridgehead atoms. The fraction of sp³-hybridized carbons (Fsp3) is 0.0333. The molecule has 152 valence electrons. The van der Waals surface area contributed by atoms with Gasteiger partial charge in [-0.3, -0.25) is 0 Å². The zero-order valence-electron chi connectivity index (χ0n) is 17.6. The Morgan fingerprint density at radius 1 is 0.594 bits per heavy atom. The number of aromatic nitrogens is 1. The van der Waals surface area contributed by atoms with Gasteiger partial charge in [0.2, 0.25) is 0 Å². The van der Waals surface area contributed by atoms with Crippen molar-refractivity contribution in [2.75, 3.05) is 0 Å². The molecule has 5 rings (SSSR count). The summed E-state index contributed by atoms with van der Waals surface area (Å²) in [6, 6.07) is 44.0. The Kier molecular flexibility index (Phi) is 5.39. The lowest BCUT2D eigenvalue weighted by Gasteiger charge is -2.16. The molecular weight excluding hydrogens is 388 g/mol. The van der Waals surface area contributed by atoms with Gasteiger partial charge < -0.3 is 4.57 Å². The van der Waals surface area contributed by atoms with Gasteiger partial charge in [0, 0.05) is 17.8 Å². The summed E-state index contributed by atoms with van der Waals surface area (Å²) in [5, 5.41) is 9.24. The van der Waals surface area contributed by atoms with E-state index in [4.69, 9.17) is 0 Å². The Labute approximate surface area is 188 Å². The average Bonchev–Trinajstić information content (AvgIpc) is 3.25. The highest BCUT2D eigenvalue weighted by Crippen LogP contribution is 2.39. The van der Waals surface area contributed by atoms with E-state index in [9.17, 15) is 5.26 Å². The Balaban J connectivity index is 1.78. The number of hydrogen-bond donors (Lipinski definition) is 0. The van der Waals surface area contributed by atoms with Gasteiger partial charge in [0.1, 0.15) is 0 Å². The first-order valence-electron chi connectivity index (χ1n) is 10.7. The third-order valence-corrected chi connectivity index (χ3v) is 5.72. The largest absolute Gasteiger partial charge is 0.335 e. The van der Waals surface area contributed by atoms with Gasteiger partial charge in [-0.1, -0.05) is 103 Å². The van der Waals surface area contributed by atoms with Crippen molar-refractivity contribution in [2.24, 2.45) is 0 Å². The molecule has 0 amide bonds. The van der Waals surface area contributed by atoms with Crippen LogP contribution in [0.2, 0.25) is 0 Å². The molecular formula is C30H22N2. The minimum Gasteiger partial charge on any atom is -0.335 e. The van der Waals surface area contributed by atoms with Crippen LogP contribution in [0.3, 0.4) is 0 Å². The Morgan fingerprint density at radius 3 is 1.75 bits per heavy atom. The molecule has 0 fully saturated rings. The van der Waals surface area contributed by atoms with Crippen LogP contribution in [-0.4, -0.2) is 4.57 Å². The maximum absolute atomic E-state index is 9.24. The molecule has 0 aliphatic carbocycles. The van der Waals surface area contributed by atoms with Gasteiger partial charge in [-0.15, -0.1) is 0 Å². The summed E-state index contributed by atoms with van der Waals surface area (Å²) in [5.74, 6) is 0. The summed E-state index contributed by atoms with van der Waals surface area (Å²) in [6.07, 6.45) is 0. The minimum atomic E-state index is 0.669. The summed E-state index contributed by atoms with van der Waals surface area (Å²) >= 11 is 0. The number of nitrogens with zero attached hydrogens (tertiary/aromatic N) is 2. The van der Waals surface area contributed by atoms with Gasteiger partial charge >= 0.3 is 0 Å². The van der Waals surface area contributed by atoms with Crippen LogP contribution < -0.4 is 0 Å². The van der Waals surface area contributed by atoms with Crippen LogP contribution in [0.5, 0.6) is 0 Å². The maximum Gasteiger partial charge on any atom is 0.0991 e. The molecule has 2 heteroatoms. The second kappa shape index (κ2) is 8.79. The van der Waals surface area contributed by atoms with Crippen molar-refractivity contribution < 1.29 is 0 Å². The SMILES string of the molecule is N#Cc1ccc(-c2cc(-c3ccccc3)n(Cc3ccccc3)c2-c2ccccc2)cc1. The number of nitriles is 1. The summed E-state index contributed by atoms with van der Waals surface area (Å²) in [7, 11) is 0. The number of hydrogen-bond acceptors (Lipinski definition) is 1. The van der Waals surface area contributed by atoms with Crippen LogP contribution in [0.15, 0.2) is 121 Å². The van der Waals surface area contributed by atoms with Crippen LogP contribution >= 0.6 is 0 Å². The molecule has 1 aromatic heterocycles. The summed E-state index contributed by atoms with van der Waals surface area (Å²) < 4.78 is 2.41. The summed E-state index contributed by atoms with van der Waals surface area (Å²) in [5.41, 5.74) is 8.89. The van der Waals surface area contributed by atoms with Crippen LogP contribution in [0.4, 0.5) is 0 Å². The Morgan fingerprint density at radius 2 is 1.16 bits per heavy atom. The highest BCUT2D eigenvalue weighted by Gasteiger charge is 2.19. The van der Waals surface area contributed by atoms with E-state index >= 15 is 0 Å². The molecule has 32 heavy (non-hydrogen) atoms. The normalized spacial score (nSPS) is 10.6. The van der Waals surface area contributed by atoms with Crippen molar-refractivity contribution >= 4 is 0 Å². The topological polar surface area (TPSA) is 28.7 Å². The van der Waals surface area contributed by atoms with E-state index in [1.54, 1.807) is 0 Å². The second-order valence-electron chi connectivity index (χ2n) is 7.78. The lowest BCUT2D eigenvalue weighted by atomic mass is 10.00. The Hall–Kier alpha value is -4.35. The lowest BCUT2D eigenvalue weighted by Crippen LogP contribution is -2.04.